The first kappa shape index (κ1) is 15.8. The Bertz CT molecular complexity index is 552. The molecule has 120 valence electrons. The van der Waals surface area contributed by atoms with E-state index in [0.717, 1.165) is 50.1 Å². The highest BCUT2D eigenvalue weighted by Gasteiger charge is 2.34. The molecule has 0 aliphatic carbocycles. The minimum atomic E-state index is 0.132. The first-order chi connectivity index (χ1) is 10.6. The van der Waals surface area contributed by atoms with Crippen molar-refractivity contribution in [2.45, 2.75) is 39.0 Å². The second kappa shape index (κ2) is 6.59. The number of aryl methyl sites for hydroxylation is 1. The number of amides is 1. The van der Waals surface area contributed by atoms with E-state index in [1.807, 2.05) is 30.0 Å². The number of nitrogens with zero attached hydrogens (tertiary/aromatic N) is 1. The van der Waals surface area contributed by atoms with Crippen LogP contribution in [0.15, 0.2) is 18.2 Å². The zero-order valence-corrected chi connectivity index (χ0v) is 14.1. The fraction of sp³-hybridized carbons (Fsp3) is 0.611. The maximum absolute atomic E-state index is 12.7. The molecule has 1 aromatic carbocycles. The Morgan fingerprint density at radius 2 is 1.95 bits per heavy atom. The molecule has 2 aliphatic heterocycles. The molecule has 2 fully saturated rings. The predicted molar refractivity (Wildman–Crippen MR) is 90.5 cm³/mol. The fourth-order valence-corrected chi connectivity index (χ4v) is 4.00. The summed E-state index contributed by atoms with van der Waals surface area (Å²) in [5, 5.41) is 4.13. The molecule has 4 heteroatoms. The Hall–Kier alpha value is -1.06. The zero-order chi connectivity index (χ0) is 15.6. The summed E-state index contributed by atoms with van der Waals surface area (Å²) in [7, 11) is 0. The molecule has 3 rings (SSSR count). The number of hydrogen-bond acceptors (Lipinski definition) is 2. The second-order valence-corrected chi connectivity index (χ2v) is 7.27. The number of likely N-dealkylation sites (tertiary alicyclic amines) is 1. The first-order valence-electron chi connectivity index (χ1n) is 8.36. The van der Waals surface area contributed by atoms with Gasteiger partial charge in [0.05, 0.1) is 0 Å². The standard InChI is InChI=1S/C18H25ClN2O/c1-14-3-4-15(13-16(14)19)17(22)21-11-2-5-18(8-12-21)6-9-20-10-7-18/h3-4,13,20H,2,5-12H2,1H3. The van der Waals surface area contributed by atoms with E-state index in [9.17, 15) is 4.79 Å². The van der Waals surface area contributed by atoms with Crippen molar-refractivity contribution in [3.63, 3.8) is 0 Å². The van der Waals surface area contributed by atoms with Crippen LogP contribution in [0.3, 0.4) is 0 Å². The SMILES string of the molecule is Cc1ccc(C(=O)N2CCCC3(CCNCC3)CC2)cc1Cl. The van der Waals surface area contributed by atoms with Gasteiger partial charge in [-0.3, -0.25) is 4.79 Å². The van der Waals surface area contributed by atoms with E-state index in [2.05, 4.69) is 5.32 Å². The summed E-state index contributed by atoms with van der Waals surface area (Å²) in [6, 6.07) is 5.64. The van der Waals surface area contributed by atoms with Crippen molar-refractivity contribution >= 4 is 17.5 Å². The quantitative estimate of drug-likeness (QED) is 0.856. The molecule has 0 unspecified atom stereocenters. The minimum Gasteiger partial charge on any atom is -0.339 e. The summed E-state index contributed by atoms with van der Waals surface area (Å²) in [6.07, 6.45) is 6.02. The molecule has 2 aliphatic rings. The Balaban J connectivity index is 1.69. The molecule has 0 aromatic heterocycles. The van der Waals surface area contributed by atoms with Gasteiger partial charge in [0.15, 0.2) is 0 Å². The Morgan fingerprint density at radius 3 is 2.68 bits per heavy atom. The van der Waals surface area contributed by atoms with Crippen LogP contribution in [-0.2, 0) is 0 Å². The van der Waals surface area contributed by atoms with E-state index in [-0.39, 0.29) is 5.91 Å². The first-order valence-corrected chi connectivity index (χ1v) is 8.74. The third kappa shape index (κ3) is 3.31. The number of piperidine rings is 1. The summed E-state index contributed by atoms with van der Waals surface area (Å²) in [4.78, 5) is 14.8. The smallest absolute Gasteiger partial charge is 0.253 e. The van der Waals surface area contributed by atoms with Gasteiger partial charge in [-0.2, -0.15) is 0 Å². The molecule has 0 saturated carbocycles. The number of halogens is 1. The van der Waals surface area contributed by atoms with Crippen molar-refractivity contribution in [1.82, 2.24) is 10.2 Å². The third-order valence-corrected chi connectivity index (χ3v) is 5.82. The van der Waals surface area contributed by atoms with Crippen molar-refractivity contribution in [2.75, 3.05) is 26.2 Å². The molecule has 0 atom stereocenters. The second-order valence-electron chi connectivity index (χ2n) is 6.86. The zero-order valence-electron chi connectivity index (χ0n) is 13.3. The van der Waals surface area contributed by atoms with Crippen LogP contribution in [0.25, 0.3) is 0 Å². The molecule has 2 heterocycles. The number of nitrogens with one attached hydrogen (secondary N) is 1. The molecule has 2 saturated heterocycles. The van der Waals surface area contributed by atoms with Crippen molar-refractivity contribution in [3.05, 3.63) is 34.3 Å². The summed E-state index contributed by atoms with van der Waals surface area (Å²) >= 11 is 6.17. The average molecular weight is 321 g/mol. The van der Waals surface area contributed by atoms with Crippen LogP contribution < -0.4 is 5.32 Å². The van der Waals surface area contributed by atoms with Crippen LogP contribution >= 0.6 is 11.6 Å². The molecule has 0 radical (unpaired) electrons. The van der Waals surface area contributed by atoms with Crippen molar-refractivity contribution in [1.29, 1.82) is 0 Å². The third-order valence-electron chi connectivity index (χ3n) is 5.42. The van der Waals surface area contributed by atoms with Gasteiger partial charge in [0, 0.05) is 23.7 Å². The van der Waals surface area contributed by atoms with Crippen molar-refractivity contribution in [2.24, 2.45) is 5.41 Å². The molecule has 0 bridgehead atoms. The molecule has 22 heavy (non-hydrogen) atoms. The van der Waals surface area contributed by atoms with Gasteiger partial charge < -0.3 is 10.2 Å². The number of benzene rings is 1. The van der Waals surface area contributed by atoms with E-state index in [1.165, 1.54) is 19.3 Å². The number of rotatable bonds is 1. The molecule has 1 spiro atoms. The normalized spacial score (nSPS) is 21.6. The molecule has 1 N–H and O–H groups in total. The molecule has 3 nitrogen and oxygen atoms in total. The lowest BCUT2D eigenvalue weighted by molar-refractivity contribution is 0.0750. The van der Waals surface area contributed by atoms with Crippen LogP contribution in [0.4, 0.5) is 0 Å². The summed E-state index contributed by atoms with van der Waals surface area (Å²) in [5.74, 6) is 0.132. The van der Waals surface area contributed by atoms with Gasteiger partial charge in [0.2, 0.25) is 0 Å². The van der Waals surface area contributed by atoms with Gasteiger partial charge in [-0.25, -0.2) is 0 Å². The van der Waals surface area contributed by atoms with Gasteiger partial charge in [0.25, 0.3) is 5.91 Å². The Kier molecular flexibility index (Phi) is 4.74. The van der Waals surface area contributed by atoms with Crippen LogP contribution in [0.2, 0.25) is 5.02 Å². The number of carbonyl (C=O) groups excluding carboxylic acids is 1. The highest BCUT2D eigenvalue weighted by atomic mass is 35.5. The number of hydrogen-bond donors (Lipinski definition) is 1. The van der Waals surface area contributed by atoms with Gasteiger partial charge >= 0.3 is 0 Å². The summed E-state index contributed by atoms with van der Waals surface area (Å²) < 4.78 is 0. The van der Waals surface area contributed by atoms with Crippen LogP contribution in [0, 0.1) is 12.3 Å². The lowest BCUT2D eigenvalue weighted by Gasteiger charge is -2.37. The van der Waals surface area contributed by atoms with E-state index in [0.29, 0.717) is 10.4 Å². The molecular weight excluding hydrogens is 296 g/mol. The average Bonchev–Trinajstić information content (AvgIpc) is 2.73. The Morgan fingerprint density at radius 1 is 1.18 bits per heavy atom. The largest absolute Gasteiger partial charge is 0.339 e. The van der Waals surface area contributed by atoms with Crippen LogP contribution in [-0.4, -0.2) is 37.0 Å². The van der Waals surface area contributed by atoms with Gasteiger partial charge in [-0.05, 0) is 75.2 Å². The maximum atomic E-state index is 12.7. The highest BCUT2D eigenvalue weighted by molar-refractivity contribution is 6.31. The van der Waals surface area contributed by atoms with E-state index >= 15 is 0 Å². The topological polar surface area (TPSA) is 32.3 Å². The van der Waals surface area contributed by atoms with Gasteiger partial charge in [-0.15, -0.1) is 0 Å². The highest BCUT2D eigenvalue weighted by Crippen LogP contribution is 2.39. The molecule has 1 amide bonds. The molecule has 1 aromatic rings. The van der Waals surface area contributed by atoms with Crippen molar-refractivity contribution in [3.8, 4) is 0 Å². The monoisotopic (exact) mass is 320 g/mol. The maximum Gasteiger partial charge on any atom is 0.253 e. The van der Waals surface area contributed by atoms with Crippen LogP contribution in [0.1, 0.15) is 48.0 Å². The predicted octanol–water partition coefficient (Wildman–Crippen LogP) is 3.64. The lowest BCUT2D eigenvalue weighted by atomic mass is 9.73. The molecular formula is C18H25ClN2O. The summed E-state index contributed by atoms with van der Waals surface area (Å²) in [5.41, 5.74) is 2.20. The van der Waals surface area contributed by atoms with E-state index in [1.54, 1.807) is 0 Å². The van der Waals surface area contributed by atoms with Crippen molar-refractivity contribution < 1.29 is 4.79 Å². The Labute approximate surface area is 138 Å². The van der Waals surface area contributed by atoms with Gasteiger partial charge in [-0.1, -0.05) is 17.7 Å². The van der Waals surface area contributed by atoms with E-state index in [4.69, 9.17) is 11.6 Å². The summed E-state index contributed by atoms with van der Waals surface area (Å²) in [6.45, 7) is 5.97. The van der Waals surface area contributed by atoms with Crippen LogP contribution in [0.5, 0.6) is 0 Å². The van der Waals surface area contributed by atoms with Gasteiger partial charge in [0.1, 0.15) is 0 Å². The number of carbonyl (C=O) groups is 1. The lowest BCUT2D eigenvalue weighted by Crippen LogP contribution is -2.38. The minimum absolute atomic E-state index is 0.132. The fourth-order valence-electron chi connectivity index (χ4n) is 3.82. The van der Waals surface area contributed by atoms with E-state index < -0.39 is 0 Å².